The van der Waals surface area contributed by atoms with Gasteiger partial charge in [-0.25, -0.2) is 12.8 Å². The van der Waals surface area contributed by atoms with E-state index in [1.54, 1.807) is 4.90 Å². The monoisotopic (exact) mass is 492 g/mol. The number of likely N-dealkylation sites (tertiary alicyclic amines) is 1. The van der Waals surface area contributed by atoms with Crippen LogP contribution in [0, 0.1) is 18.7 Å². The topological polar surface area (TPSA) is 83.6 Å². The lowest BCUT2D eigenvalue weighted by Gasteiger charge is -2.34. The van der Waals surface area contributed by atoms with Gasteiger partial charge < -0.3 is 4.90 Å². The Labute approximate surface area is 199 Å². The van der Waals surface area contributed by atoms with Gasteiger partial charge in [0.25, 0.3) is 0 Å². The smallest absolute Gasteiger partial charge is 0.244 e. The molecule has 1 saturated heterocycles. The van der Waals surface area contributed by atoms with Crippen molar-refractivity contribution in [2.45, 2.75) is 37.1 Å². The van der Waals surface area contributed by atoms with E-state index < -0.39 is 26.8 Å². The fourth-order valence-corrected chi connectivity index (χ4v) is 5.69. The molecule has 1 amide bonds. The van der Waals surface area contributed by atoms with Gasteiger partial charge in [-0.3, -0.25) is 9.59 Å². The van der Waals surface area contributed by atoms with Crippen LogP contribution in [0.2, 0.25) is 0 Å². The number of aryl methyl sites for hydroxylation is 1. The Morgan fingerprint density at radius 3 is 2.36 bits per heavy atom. The highest BCUT2D eigenvalue weighted by Gasteiger charge is 2.33. The van der Waals surface area contributed by atoms with Gasteiger partial charge in [-0.15, -0.1) is 0 Å². The number of amides is 1. The Bertz CT molecular complexity index is 1080. The number of nitrogens with one attached hydrogen (secondary N) is 1. The zero-order chi connectivity index (χ0) is 24.0. The number of nitrogens with zero attached hydrogens (tertiary/aromatic N) is 1. The second-order valence-electron chi connectivity index (χ2n) is 8.22. The standard InChI is InChI=1S/C24H29FN2O4S2/c1-17-7-9-18(10-8-17)23(28)19-11-14-27(15-12-19)24(29)21(13-16-32-2)26-33(30,31)22-6-4-3-5-20(22)25/h3-10,19,21,26H,11-16H2,1-2H3. The predicted molar refractivity (Wildman–Crippen MR) is 128 cm³/mol. The third-order valence-electron chi connectivity index (χ3n) is 5.85. The number of piperidine rings is 1. The van der Waals surface area contributed by atoms with Gasteiger partial charge in [0, 0.05) is 24.6 Å². The molecular formula is C24H29FN2O4S2. The number of benzene rings is 2. The van der Waals surface area contributed by atoms with Gasteiger partial charge in [-0.2, -0.15) is 16.5 Å². The molecule has 1 fully saturated rings. The van der Waals surface area contributed by atoms with Crippen molar-refractivity contribution in [2.75, 3.05) is 25.1 Å². The Morgan fingerprint density at radius 2 is 1.76 bits per heavy atom. The van der Waals surface area contributed by atoms with Crippen LogP contribution in [0.5, 0.6) is 0 Å². The summed E-state index contributed by atoms with van der Waals surface area (Å²) in [6.45, 7) is 2.71. The van der Waals surface area contributed by atoms with Gasteiger partial charge in [-0.1, -0.05) is 42.0 Å². The molecule has 2 aromatic rings. The van der Waals surface area contributed by atoms with Crippen LogP contribution in [0.15, 0.2) is 53.4 Å². The third-order valence-corrected chi connectivity index (χ3v) is 7.99. The molecule has 178 valence electrons. The fraction of sp³-hybridized carbons (Fsp3) is 0.417. The maximum atomic E-state index is 14.1. The van der Waals surface area contributed by atoms with Crippen LogP contribution in [-0.2, 0) is 14.8 Å². The average Bonchev–Trinajstić information content (AvgIpc) is 2.81. The number of hydrogen-bond acceptors (Lipinski definition) is 5. The molecule has 1 heterocycles. The molecule has 1 unspecified atom stereocenters. The lowest BCUT2D eigenvalue weighted by molar-refractivity contribution is -0.134. The number of sulfonamides is 1. The zero-order valence-electron chi connectivity index (χ0n) is 18.8. The van der Waals surface area contributed by atoms with Crippen LogP contribution in [-0.4, -0.2) is 56.1 Å². The number of hydrogen-bond donors (Lipinski definition) is 1. The third kappa shape index (κ3) is 6.43. The summed E-state index contributed by atoms with van der Waals surface area (Å²) in [5.41, 5.74) is 1.75. The molecule has 0 aromatic heterocycles. The summed E-state index contributed by atoms with van der Waals surface area (Å²) >= 11 is 1.50. The Kier molecular flexibility index (Phi) is 8.67. The van der Waals surface area contributed by atoms with E-state index in [1.165, 1.54) is 30.0 Å². The largest absolute Gasteiger partial charge is 0.341 e. The normalized spacial score (nSPS) is 15.9. The number of ketones is 1. The molecule has 0 saturated carbocycles. The molecule has 33 heavy (non-hydrogen) atoms. The first kappa shape index (κ1) is 25.4. The van der Waals surface area contributed by atoms with Crippen LogP contribution in [0.25, 0.3) is 0 Å². The van der Waals surface area contributed by atoms with Crippen molar-refractivity contribution in [3.8, 4) is 0 Å². The number of carbonyl (C=O) groups excluding carboxylic acids is 2. The lowest BCUT2D eigenvalue weighted by atomic mass is 9.88. The summed E-state index contributed by atoms with van der Waals surface area (Å²) in [5, 5.41) is 0. The van der Waals surface area contributed by atoms with E-state index in [2.05, 4.69) is 4.72 Å². The molecule has 0 radical (unpaired) electrons. The van der Waals surface area contributed by atoms with Gasteiger partial charge in [0.1, 0.15) is 16.8 Å². The molecule has 1 N–H and O–H groups in total. The summed E-state index contributed by atoms with van der Waals surface area (Å²) in [7, 11) is -4.20. The molecule has 0 spiro atoms. The van der Waals surface area contributed by atoms with Crippen molar-refractivity contribution >= 4 is 33.5 Å². The SMILES string of the molecule is CSCCC(NS(=O)(=O)c1ccccc1F)C(=O)N1CCC(C(=O)c2ccc(C)cc2)CC1. The molecule has 9 heteroatoms. The number of Topliss-reactive ketones (excluding diaryl/α,β-unsaturated/α-hetero) is 1. The molecule has 1 aliphatic heterocycles. The van der Waals surface area contributed by atoms with Crippen LogP contribution in [0.1, 0.15) is 35.2 Å². The lowest BCUT2D eigenvalue weighted by Crippen LogP contribution is -2.51. The van der Waals surface area contributed by atoms with Gasteiger partial charge in [0.05, 0.1) is 0 Å². The summed E-state index contributed by atoms with van der Waals surface area (Å²) in [6, 6.07) is 11.6. The van der Waals surface area contributed by atoms with Gasteiger partial charge in [0.2, 0.25) is 15.9 Å². The van der Waals surface area contributed by atoms with E-state index in [9.17, 15) is 22.4 Å². The molecular weight excluding hydrogens is 463 g/mol. The van der Waals surface area contributed by atoms with Crippen molar-refractivity contribution in [1.82, 2.24) is 9.62 Å². The zero-order valence-corrected chi connectivity index (χ0v) is 20.4. The minimum absolute atomic E-state index is 0.0706. The molecule has 0 aliphatic carbocycles. The number of rotatable bonds is 9. The van der Waals surface area contributed by atoms with Crippen LogP contribution >= 0.6 is 11.8 Å². The molecule has 1 aliphatic rings. The molecule has 6 nitrogen and oxygen atoms in total. The second-order valence-corrected chi connectivity index (χ2v) is 10.9. The first-order chi connectivity index (χ1) is 15.7. The summed E-state index contributed by atoms with van der Waals surface area (Å²) in [5.74, 6) is -0.738. The van der Waals surface area contributed by atoms with E-state index in [0.717, 1.165) is 11.6 Å². The van der Waals surface area contributed by atoms with Crippen molar-refractivity contribution in [2.24, 2.45) is 5.92 Å². The highest BCUT2D eigenvalue weighted by atomic mass is 32.2. The van der Waals surface area contributed by atoms with E-state index in [0.29, 0.717) is 37.2 Å². The van der Waals surface area contributed by atoms with Crippen molar-refractivity contribution in [1.29, 1.82) is 0 Å². The van der Waals surface area contributed by atoms with Gasteiger partial charge >= 0.3 is 0 Å². The molecule has 0 bridgehead atoms. The predicted octanol–water partition coefficient (Wildman–Crippen LogP) is 3.66. The number of halogens is 1. The highest BCUT2D eigenvalue weighted by molar-refractivity contribution is 7.98. The Hall–Kier alpha value is -2.23. The summed E-state index contributed by atoms with van der Waals surface area (Å²) in [4.78, 5) is 27.1. The maximum absolute atomic E-state index is 14.1. The first-order valence-corrected chi connectivity index (χ1v) is 13.8. The van der Waals surface area contributed by atoms with Gasteiger partial charge in [0.15, 0.2) is 5.78 Å². The quantitative estimate of drug-likeness (QED) is 0.540. The van der Waals surface area contributed by atoms with Crippen LogP contribution in [0.3, 0.4) is 0 Å². The van der Waals surface area contributed by atoms with E-state index in [1.807, 2.05) is 37.4 Å². The van der Waals surface area contributed by atoms with Crippen molar-refractivity contribution in [3.05, 3.63) is 65.5 Å². The van der Waals surface area contributed by atoms with Crippen LogP contribution < -0.4 is 4.72 Å². The first-order valence-electron chi connectivity index (χ1n) is 10.9. The number of carbonyl (C=O) groups is 2. The molecule has 2 aromatic carbocycles. The van der Waals surface area contributed by atoms with E-state index in [4.69, 9.17) is 0 Å². The summed E-state index contributed by atoms with van der Waals surface area (Å²) in [6.07, 6.45) is 3.20. The highest BCUT2D eigenvalue weighted by Crippen LogP contribution is 2.23. The fourth-order valence-electron chi connectivity index (χ4n) is 3.92. The summed E-state index contributed by atoms with van der Waals surface area (Å²) < 4.78 is 42.0. The Balaban J connectivity index is 1.67. The molecule has 3 rings (SSSR count). The van der Waals surface area contributed by atoms with Gasteiger partial charge in [-0.05, 0) is 50.3 Å². The maximum Gasteiger partial charge on any atom is 0.244 e. The molecule has 1 atom stereocenters. The minimum atomic E-state index is -4.20. The van der Waals surface area contributed by atoms with Crippen molar-refractivity contribution in [3.63, 3.8) is 0 Å². The Morgan fingerprint density at radius 1 is 1.12 bits per heavy atom. The average molecular weight is 493 g/mol. The number of thioether (sulfide) groups is 1. The van der Waals surface area contributed by atoms with E-state index in [-0.39, 0.29) is 24.0 Å². The van der Waals surface area contributed by atoms with Crippen LogP contribution in [0.4, 0.5) is 4.39 Å². The minimum Gasteiger partial charge on any atom is -0.341 e. The van der Waals surface area contributed by atoms with Crippen molar-refractivity contribution < 1.29 is 22.4 Å². The van der Waals surface area contributed by atoms with E-state index >= 15 is 0 Å². The second kappa shape index (κ2) is 11.3.